The lowest BCUT2D eigenvalue weighted by Crippen LogP contribution is -2.60. The van der Waals surface area contributed by atoms with Gasteiger partial charge in [0.2, 0.25) is 5.91 Å². The number of carbonyl (C=O) groups is 1. The van der Waals surface area contributed by atoms with Crippen molar-refractivity contribution in [3.05, 3.63) is 26.7 Å². The zero-order valence-corrected chi connectivity index (χ0v) is 22.4. The highest BCUT2D eigenvalue weighted by atomic mass is 16.2. The van der Waals surface area contributed by atoms with Crippen molar-refractivity contribution < 1.29 is 4.79 Å². The first-order valence-corrected chi connectivity index (χ1v) is 14.6. The Hall–Kier alpha value is -2.42. The van der Waals surface area contributed by atoms with Gasteiger partial charge >= 0.3 is 5.69 Å². The van der Waals surface area contributed by atoms with Gasteiger partial charge in [0.15, 0.2) is 5.65 Å². The van der Waals surface area contributed by atoms with Crippen LogP contribution in [0.1, 0.15) is 96.7 Å². The molecule has 0 saturated heterocycles. The number of hydrogen-bond acceptors (Lipinski definition) is 5. The van der Waals surface area contributed by atoms with Crippen LogP contribution in [0.15, 0.2) is 9.59 Å². The normalized spacial score (nSPS) is 34.8. The maximum absolute atomic E-state index is 13.9. The van der Waals surface area contributed by atoms with Gasteiger partial charge in [-0.2, -0.15) is 0 Å². The van der Waals surface area contributed by atoms with E-state index in [1.54, 1.807) is 4.57 Å². The lowest BCUT2D eigenvalue weighted by Gasteiger charge is -2.60. The molecule has 2 atom stereocenters. The first-order chi connectivity index (χ1) is 17.8. The van der Waals surface area contributed by atoms with Gasteiger partial charge in [-0.25, -0.2) is 9.78 Å². The third-order valence-electron chi connectivity index (χ3n) is 9.91. The van der Waals surface area contributed by atoms with Gasteiger partial charge in [0.25, 0.3) is 5.56 Å². The molecule has 0 radical (unpaired) electrons. The van der Waals surface area contributed by atoms with E-state index >= 15 is 0 Å². The lowest BCUT2D eigenvalue weighted by molar-refractivity contribution is -0.150. The summed E-state index contributed by atoms with van der Waals surface area (Å²) in [4.78, 5) is 48.9. The summed E-state index contributed by atoms with van der Waals surface area (Å²) in [5.41, 5.74) is 5.85. The summed E-state index contributed by atoms with van der Waals surface area (Å²) in [5, 5.41) is 3.43. The van der Waals surface area contributed by atoms with Crippen molar-refractivity contribution in [3.63, 3.8) is 0 Å². The molecule has 7 rings (SSSR count). The monoisotopic (exact) mass is 510 g/mol. The molecule has 0 spiro atoms. The Morgan fingerprint density at radius 1 is 1.03 bits per heavy atom. The molecule has 5 saturated carbocycles. The predicted octanol–water partition coefficient (Wildman–Crippen LogP) is 2.93. The molecular formula is C28H42N6O3. The number of imidazole rings is 1. The van der Waals surface area contributed by atoms with Gasteiger partial charge in [-0.05, 0) is 88.9 Å². The molecular weight excluding hydrogens is 468 g/mol. The van der Waals surface area contributed by atoms with Crippen LogP contribution in [-0.2, 0) is 23.3 Å². The summed E-state index contributed by atoms with van der Waals surface area (Å²) >= 11 is 0. The molecule has 4 bridgehead atoms. The van der Waals surface area contributed by atoms with Crippen molar-refractivity contribution >= 4 is 17.1 Å². The van der Waals surface area contributed by atoms with Crippen LogP contribution < -0.4 is 22.3 Å². The number of fused-ring (bicyclic) bond motifs is 1. The molecule has 4 N–H and O–H groups in total. The van der Waals surface area contributed by atoms with Gasteiger partial charge < -0.3 is 16.0 Å². The van der Waals surface area contributed by atoms with Crippen LogP contribution in [0.25, 0.3) is 11.2 Å². The first kappa shape index (κ1) is 24.9. The Kier molecular flexibility index (Phi) is 6.12. The molecule has 5 fully saturated rings. The number of aromatic nitrogens is 4. The second-order valence-corrected chi connectivity index (χ2v) is 12.8. The zero-order chi connectivity index (χ0) is 25.9. The van der Waals surface area contributed by atoms with E-state index < -0.39 is 0 Å². The van der Waals surface area contributed by atoms with E-state index in [1.165, 1.54) is 11.0 Å². The highest BCUT2D eigenvalue weighted by Crippen LogP contribution is 2.65. The molecule has 202 valence electrons. The van der Waals surface area contributed by atoms with Crippen LogP contribution in [0.4, 0.5) is 0 Å². The van der Waals surface area contributed by atoms with Crippen LogP contribution >= 0.6 is 0 Å². The number of aromatic amines is 1. The number of nitrogens with two attached hydrogens (primary N) is 1. The molecule has 5 aliphatic rings. The molecule has 2 heterocycles. The van der Waals surface area contributed by atoms with Crippen molar-refractivity contribution in [2.24, 2.45) is 23.0 Å². The standard InChI is InChI=1S/C28H42N6O3/c1-3-9-33-22-21(23(35)34(10-4-2)26(33)37)31-24(32-22)27-12-17-11-18(13-27)15-28(14-17,16-27)25(36)30-20-7-5-19(29)6-8-20/h17-20H,3-16,29H2,1-2H3,(H,30,36)(H,31,32). The third kappa shape index (κ3) is 3.99. The molecule has 0 aromatic carbocycles. The van der Waals surface area contributed by atoms with Gasteiger partial charge in [0.1, 0.15) is 11.3 Å². The number of carbonyl (C=O) groups excluding carboxylic acids is 1. The molecule has 9 nitrogen and oxygen atoms in total. The van der Waals surface area contributed by atoms with Crippen LogP contribution in [0.2, 0.25) is 0 Å². The van der Waals surface area contributed by atoms with Crippen LogP contribution in [0.3, 0.4) is 0 Å². The van der Waals surface area contributed by atoms with Crippen molar-refractivity contribution in [1.29, 1.82) is 0 Å². The predicted molar refractivity (Wildman–Crippen MR) is 142 cm³/mol. The third-order valence-corrected chi connectivity index (χ3v) is 9.91. The minimum atomic E-state index is -0.367. The minimum absolute atomic E-state index is 0.218. The highest BCUT2D eigenvalue weighted by molar-refractivity contribution is 5.84. The van der Waals surface area contributed by atoms with Crippen molar-refractivity contribution in [2.75, 3.05) is 0 Å². The summed E-state index contributed by atoms with van der Waals surface area (Å²) in [6.45, 7) is 4.93. The fraction of sp³-hybridized carbons (Fsp3) is 0.786. The summed E-state index contributed by atoms with van der Waals surface area (Å²) in [7, 11) is 0. The fourth-order valence-electron chi connectivity index (χ4n) is 8.67. The van der Waals surface area contributed by atoms with Crippen molar-refractivity contribution in [1.82, 2.24) is 24.4 Å². The van der Waals surface area contributed by atoms with E-state index in [0.29, 0.717) is 42.5 Å². The van der Waals surface area contributed by atoms with Gasteiger partial charge in [-0.15, -0.1) is 0 Å². The fourth-order valence-corrected chi connectivity index (χ4v) is 8.67. The maximum Gasteiger partial charge on any atom is 0.332 e. The van der Waals surface area contributed by atoms with Gasteiger partial charge in [0.05, 0.1) is 5.41 Å². The quantitative estimate of drug-likeness (QED) is 0.528. The first-order valence-electron chi connectivity index (χ1n) is 14.6. The van der Waals surface area contributed by atoms with E-state index in [1.807, 2.05) is 13.8 Å². The summed E-state index contributed by atoms with van der Waals surface area (Å²) in [5.74, 6) is 2.02. The number of H-pyrrole nitrogens is 1. The van der Waals surface area contributed by atoms with Crippen molar-refractivity contribution in [3.8, 4) is 0 Å². The molecule has 5 aliphatic carbocycles. The number of amides is 1. The number of hydrogen-bond donors (Lipinski definition) is 3. The average Bonchev–Trinajstić information content (AvgIpc) is 3.32. The van der Waals surface area contributed by atoms with Crippen molar-refractivity contribution in [2.45, 2.75) is 121 Å². The largest absolute Gasteiger partial charge is 0.353 e. The van der Waals surface area contributed by atoms with E-state index in [0.717, 1.165) is 70.0 Å². The summed E-state index contributed by atoms with van der Waals surface area (Å²) in [6, 6.07) is 0.485. The Bertz CT molecular complexity index is 1300. The number of aryl methyl sites for hydroxylation is 1. The number of rotatable bonds is 7. The van der Waals surface area contributed by atoms with Gasteiger partial charge in [-0.3, -0.25) is 18.7 Å². The lowest BCUT2D eigenvalue weighted by atomic mass is 9.43. The molecule has 2 unspecified atom stereocenters. The summed E-state index contributed by atoms with van der Waals surface area (Å²) in [6.07, 6.45) is 11.2. The molecule has 0 aliphatic heterocycles. The Balaban J connectivity index is 1.38. The second-order valence-electron chi connectivity index (χ2n) is 12.8. The maximum atomic E-state index is 13.9. The number of nitrogens with zero attached hydrogens (tertiary/aromatic N) is 3. The Labute approximate surface area is 217 Å². The number of nitrogens with one attached hydrogen (secondary N) is 2. The van der Waals surface area contributed by atoms with E-state index in [4.69, 9.17) is 10.7 Å². The summed E-state index contributed by atoms with van der Waals surface area (Å²) < 4.78 is 3.02. The molecule has 2 aromatic heterocycles. The van der Waals surface area contributed by atoms with E-state index in [9.17, 15) is 14.4 Å². The second kappa shape index (κ2) is 9.10. The van der Waals surface area contributed by atoms with Crippen LogP contribution in [0.5, 0.6) is 0 Å². The highest BCUT2D eigenvalue weighted by Gasteiger charge is 2.62. The molecule has 9 heteroatoms. The average molecular weight is 511 g/mol. The molecule has 37 heavy (non-hydrogen) atoms. The van der Waals surface area contributed by atoms with E-state index in [-0.39, 0.29) is 40.1 Å². The zero-order valence-electron chi connectivity index (χ0n) is 22.4. The smallest absolute Gasteiger partial charge is 0.332 e. The van der Waals surface area contributed by atoms with Crippen LogP contribution in [-0.4, -0.2) is 37.1 Å². The van der Waals surface area contributed by atoms with Gasteiger partial charge in [-0.1, -0.05) is 13.8 Å². The SMILES string of the molecule is CCCn1c(=O)c2[nH]c(C34CC5CC(CC(C(=O)NC6CCC(N)CC6)(C5)C3)C4)nc2n(CCC)c1=O. The van der Waals surface area contributed by atoms with Crippen LogP contribution in [0, 0.1) is 17.3 Å². The Morgan fingerprint density at radius 2 is 1.68 bits per heavy atom. The van der Waals surface area contributed by atoms with E-state index in [2.05, 4.69) is 10.3 Å². The topological polar surface area (TPSA) is 128 Å². The van der Waals surface area contributed by atoms with Gasteiger partial charge in [0, 0.05) is 30.6 Å². The Morgan fingerprint density at radius 3 is 2.32 bits per heavy atom. The molecule has 2 aromatic rings. The molecule has 1 amide bonds. The minimum Gasteiger partial charge on any atom is -0.353 e.